The Hall–Kier alpha value is -3.10. The van der Waals surface area contributed by atoms with E-state index in [2.05, 4.69) is 25.7 Å². The Morgan fingerprint density at radius 3 is 2.19 bits per heavy atom. The van der Waals surface area contributed by atoms with E-state index in [4.69, 9.17) is 9.47 Å². The molecule has 1 N–H and O–H groups in total. The van der Waals surface area contributed by atoms with E-state index in [1.165, 1.54) is 0 Å². The number of hydrogen-bond acceptors (Lipinski definition) is 5. The molecule has 0 heterocycles. The summed E-state index contributed by atoms with van der Waals surface area (Å²) in [5.74, 6) is 5.47. The fraction of sp³-hybridized carbons (Fsp3) is 0.407. The van der Waals surface area contributed by atoms with Crippen LogP contribution in [0.15, 0.2) is 42.5 Å². The Balaban J connectivity index is 1.90. The van der Waals surface area contributed by atoms with E-state index < -0.39 is 11.6 Å². The lowest BCUT2D eigenvalue weighted by molar-refractivity contribution is -0.150. The fourth-order valence-electron chi connectivity index (χ4n) is 4.07. The summed E-state index contributed by atoms with van der Waals surface area (Å²) >= 11 is 0. The van der Waals surface area contributed by atoms with Crippen molar-refractivity contribution in [2.45, 2.75) is 58.0 Å². The molecule has 2 aromatic rings. The van der Waals surface area contributed by atoms with E-state index in [1.54, 1.807) is 38.1 Å². The zero-order valence-electron chi connectivity index (χ0n) is 19.2. The molecule has 0 radical (unpaired) electrons. The Bertz CT molecular complexity index is 1060. The maximum absolute atomic E-state index is 12.2. The van der Waals surface area contributed by atoms with Crippen LogP contribution in [-0.2, 0) is 25.3 Å². The van der Waals surface area contributed by atoms with Crippen LogP contribution in [0.1, 0.15) is 79.6 Å². The average molecular weight is 435 g/mol. The molecule has 168 valence electrons. The molecule has 0 fully saturated rings. The van der Waals surface area contributed by atoms with Crippen molar-refractivity contribution in [3.63, 3.8) is 0 Å². The molecule has 0 aliphatic heterocycles. The summed E-state index contributed by atoms with van der Waals surface area (Å²) in [4.78, 5) is 23.9. The number of ether oxygens (including phenoxy) is 2. The summed E-state index contributed by atoms with van der Waals surface area (Å²) in [7, 11) is 0. The van der Waals surface area contributed by atoms with Crippen LogP contribution in [-0.4, -0.2) is 30.3 Å². The van der Waals surface area contributed by atoms with Crippen LogP contribution >= 0.6 is 0 Å². The molecule has 1 aliphatic carbocycles. The van der Waals surface area contributed by atoms with Crippen molar-refractivity contribution >= 4 is 11.9 Å². The SMILES string of the molecule is CCOC(=O)CC1(O)CCC(C)(C)c2ccc(C#Cc3ccc(C(=O)OCC)cc3)cc21. The number of esters is 2. The highest BCUT2D eigenvalue weighted by molar-refractivity contribution is 5.89. The standard InChI is InChI=1S/C27H30O5/c1-5-31-24(28)18-27(30)16-15-26(3,4)22-14-11-20(17-23(22)27)8-7-19-9-12-21(13-10-19)25(29)32-6-2/h9-14,17,30H,5-6,15-16,18H2,1-4H3. The van der Waals surface area contributed by atoms with Crippen LogP contribution in [0.2, 0.25) is 0 Å². The minimum absolute atomic E-state index is 0.0733. The Morgan fingerprint density at radius 1 is 0.906 bits per heavy atom. The van der Waals surface area contributed by atoms with Crippen LogP contribution in [0.3, 0.4) is 0 Å². The highest BCUT2D eigenvalue weighted by Gasteiger charge is 2.43. The van der Waals surface area contributed by atoms with Gasteiger partial charge in [0.15, 0.2) is 0 Å². The summed E-state index contributed by atoms with van der Waals surface area (Å²) in [5.41, 5.74) is 2.39. The van der Waals surface area contributed by atoms with Gasteiger partial charge in [0.2, 0.25) is 0 Å². The second kappa shape index (κ2) is 9.58. The highest BCUT2D eigenvalue weighted by Crippen LogP contribution is 2.46. The van der Waals surface area contributed by atoms with Gasteiger partial charge in [0.05, 0.1) is 25.2 Å². The van der Waals surface area contributed by atoms with Crippen LogP contribution in [0.25, 0.3) is 0 Å². The van der Waals surface area contributed by atoms with E-state index in [1.807, 2.05) is 18.2 Å². The van der Waals surface area contributed by atoms with Crippen molar-refractivity contribution in [2.24, 2.45) is 0 Å². The predicted octanol–water partition coefficient (Wildman–Crippen LogP) is 4.48. The zero-order valence-corrected chi connectivity index (χ0v) is 19.2. The summed E-state index contributed by atoms with van der Waals surface area (Å²) in [5, 5.41) is 11.4. The van der Waals surface area contributed by atoms with E-state index in [0.717, 1.165) is 28.7 Å². The molecule has 0 aromatic heterocycles. The lowest BCUT2D eigenvalue weighted by atomic mass is 9.65. The fourth-order valence-corrected chi connectivity index (χ4v) is 4.07. The van der Waals surface area contributed by atoms with E-state index in [0.29, 0.717) is 18.6 Å². The lowest BCUT2D eigenvalue weighted by Crippen LogP contribution is -2.39. The van der Waals surface area contributed by atoms with Crippen molar-refractivity contribution in [3.8, 4) is 11.8 Å². The van der Waals surface area contributed by atoms with E-state index in [-0.39, 0.29) is 24.4 Å². The van der Waals surface area contributed by atoms with E-state index >= 15 is 0 Å². The quantitative estimate of drug-likeness (QED) is 0.555. The average Bonchev–Trinajstić information content (AvgIpc) is 2.76. The zero-order chi connectivity index (χ0) is 23.4. The maximum atomic E-state index is 12.2. The molecular weight excluding hydrogens is 404 g/mol. The van der Waals surface area contributed by atoms with Gasteiger partial charge in [-0.25, -0.2) is 4.79 Å². The molecule has 1 atom stereocenters. The number of benzene rings is 2. The van der Waals surface area contributed by atoms with Crippen LogP contribution in [0, 0.1) is 11.8 Å². The summed E-state index contributed by atoms with van der Waals surface area (Å²) < 4.78 is 10.1. The first-order chi connectivity index (χ1) is 15.2. The molecule has 5 heteroatoms. The molecule has 0 spiro atoms. The molecule has 32 heavy (non-hydrogen) atoms. The molecule has 2 aromatic carbocycles. The summed E-state index contributed by atoms with van der Waals surface area (Å²) in [6.07, 6.45) is 1.18. The Labute approximate surface area is 189 Å². The van der Waals surface area contributed by atoms with E-state index in [9.17, 15) is 14.7 Å². The molecule has 0 saturated heterocycles. The Morgan fingerprint density at radius 2 is 1.53 bits per heavy atom. The summed E-state index contributed by atoms with van der Waals surface area (Å²) in [6.45, 7) is 8.43. The first kappa shape index (κ1) is 23.6. The van der Waals surface area contributed by atoms with Crippen molar-refractivity contribution in [1.29, 1.82) is 0 Å². The van der Waals surface area contributed by atoms with Gasteiger partial charge in [-0.3, -0.25) is 4.79 Å². The summed E-state index contributed by atoms with van der Waals surface area (Å²) in [6, 6.07) is 12.8. The number of carbonyl (C=O) groups excluding carboxylic acids is 2. The van der Waals surface area contributed by atoms with Gasteiger partial charge < -0.3 is 14.6 Å². The third-order valence-corrected chi connectivity index (χ3v) is 5.90. The van der Waals surface area contributed by atoms with Gasteiger partial charge in [0.25, 0.3) is 0 Å². The number of rotatable bonds is 5. The lowest BCUT2D eigenvalue weighted by Gasteiger charge is -2.42. The molecule has 5 nitrogen and oxygen atoms in total. The first-order valence-corrected chi connectivity index (χ1v) is 11.0. The monoisotopic (exact) mass is 434 g/mol. The predicted molar refractivity (Wildman–Crippen MR) is 122 cm³/mol. The number of hydrogen-bond donors (Lipinski definition) is 1. The minimum atomic E-state index is -1.27. The third-order valence-electron chi connectivity index (χ3n) is 5.90. The topological polar surface area (TPSA) is 72.8 Å². The van der Waals surface area contributed by atoms with Crippen molar-refractivity contribution in [1.82, 2.24) is 0 Å². The van der Waals surface area contributed by atoms with Gasteiger partial charge in [0, 0.05) is 11.1 Å². The van der Waals surface area contributed by atoms with Crippen molar-refractivity contribution in [2.75, 3.05) is 13.2 Å². The molecule has 1 unspecified atom stereocenters. The van der Waals surface area contributed by atoms with Gasteiger partial charge in [-0.05, 0) is 79.6 Å². The maximum Gasteiger partial charge on any atom is 0.338 e. The van der Waals surface area contributed by atoms with Crippen LogP contribution in [0.4, 0.5) is 0 Å². The van der Waals surface area contributed by atoms with Gasteiger partial charge in [0.1, 0.15) is 5.60 Å². The minimum Gasteiger partial charge on any atom is -0.466 e. The second-order valence-corrected chi connectivity index (χ2v) is 8.71. The van der Waals surface area contributed by atoms with Crippen LogP contribution in [0.5, 0.6) is 0 Å². The molecule has 3 rings (SSSR count). The van der Waals surface area contributed by atoms with Gasteiger partial charge >= 0.3 is 11.9 Å². The molecule has 1 aliphatic rings. The highest BCUT2D eigenvalue weighted by atomic mass is 16.5. The Kier molecular flexibility index (Phi) is 7.06. The van der Waals surface area contributed by atoms with Gasteiger partial charge in [-0.1, -0.05) is 31.8 Å². The van der Waals surface area contributed by atoms with Crippen molar-refractivity contribution in [3.05, 3.63) is 70.3 Å². The normalized spacial score (nSPS) is 18.7. The van der Waals surface area contributed by atoms with Gasteiger partial charge in [-0.2, -0.15) is 0 Å². The number of carbonyl (C=O) groups is 2. The molecular formula is C27H30O5. The largest absolute Gasteiger partial charge is 0.466 e. The van der Waals surface area contributed by atoms with Crippen LogP contribution < -0.4 is 0 Å². The van der Waals surface area contributed by atoms with Crippen molar-refractivity contribution < 1.29 is 24.2 Å². The number of fused-ring (bicyclic) bond motifs is 1. The molecule has 0 saturated carbocycles. The molecule has 0 bridgehead atoms. The molecule has 0 amide bonds. The second-order valence-electron chi connectivity index (χ2n) is 8.71. The third kappa shape index (κ3) is 5.20. The van der Waals surface area contributed by atoms with Gasteiger partial charge in [-0.15, -0.1) is 0 Å². The smallest absolute Gasteiger partial charge is 0.338 e. The number of aliphatic hydroxyl groups is 1. The first-order valence-electron chi connectivity index (χ1n) is 11.0.